The van der Waals surface area contributed by atoms with Crippen molar-refractivity contribution in [2.45, 2.75) is 13.3 Å². The molecule has 2 N–H and O–H groups in total. The fourth-order valence-corrected chi connectivity index (χ4v) is 0.414. The van der Waals surface area contributed by atoms with Crippen LogP contribution in [-0.4, -0.2) is 19.0 Å². The molecule has 0 aliphatic rings. The molecule has 0 amide bonds. The zero-order valence-electron chi connectivity index (χ0n) is 7.52. The van der Waals surface area contributed by atoms with Crippen molar-refractivity contribution < 1.29 is 0 Å². The van der Waals surface area contributed by atoms with Crippen LogP contribution in [-0.2, 0) is 0 Å². The molecule has 0 radical (unpaired) electrons. The number of hydrogen-bond acceptors (Lipinski definition) is 3. The molecule has 0 unspecified atom stereocenters. The summed E-state index contributed by atoms with van der Waals surface area (Å²) >= 11 is 0. The zero-order chi connectivity index (χ0) is 8.69. The van der Waals surface area contributed by atoms with E-state index in [1.807, 2.05) is 31.3 Å². The van der Waals surface area contributed by atoms with E-state index in [4.69, 9.17) is 0 Å². The number of rotatable bonds is 5. The van der Waals surface area contributed by atoms with E-state index in [2.05, 4.69) is 24.4 Å². The topological polar surface area (TPSA) is 27.3 Å². The highest BCUT2D eigenvalue weighted by atomic mass is 15.4. The first-order valence-corrected chi connectivity index (χ1v) is 3.71. The van der Waals surface area contributed by atoms with Gasteiger partial charge < -0.3 is 10.3 Å². The Kier molecular flexibility index (Phi) is 5.07. The fraction of sp³-hybridized carbons (Fsp3) is 0.500. The van der Waals surface area contributed by atoms with Gasteiger partial charge in [-0.25, -0.2) is 0 Å². The third-order valence-electron chi connectivity index (χ3n) is 1.19. The maximum Gasteiger partial charge on any atom is 0.112 e. The van der Waals surface area contributed by atoms with E-state index in [0.29, 0.717) is 0 Å². The van der Waals surface area contributed by atoms with Gasteiger partial charge in [-0.05, 0) is 6.42 Å². The van der Waals surface area contributed by atoms with Crippen molar-refractivity contribution in [1.82, 2.24) is 15.8 Å². The minimum absolute atomic E-state index is 0.839. The highest BCUT2D eigenvalue weighted by molar-refractivity contribution is 4.87. The second-order valence-electron chi connectivity index (χ2n) is 2.42. The number of allylic oxidation sites excluding steroid dienone is 1. The molecule has 11 heavy (non-hydrogen) atoms. The summed E-state index contributed by atoms with van der Waals surface area (Å²) in [4.78, 5) is 1.90. The second kappa shape index (κ2) is 5.65. The van der Waals surface area contributed by atoms with Crippen LogP contribution in [0.5, 0.6) is 0 Å². The van der Waals surface area contributed by atoms with Gasteiger partial charge in [0.25, 0.3) is 0 Å². The molecular weight excluding hydrogens is 138 g/mol. The molecule has 0 aromatic rings. The van der Waals surface area contributed by atoms with Crippen LogP contribution in [0.15, 0.2) is 24.7 Å². The third kappa shape index (κ3) is 5.33. The lowest BCUT2D eigenvalue weighted by molar-refractivity contribution is 0.447. The molecule has 0 aliphatic carbocycles. The molecule has 0 spiro atoms. The second-order valence-corrected chi connectivity index (χ2v) is 2.42. The molecule has 3 heteroatoms. The lowest BCUT2D eigenvalue weighted by atomic mass is 10.5. The van der Waals surface area contributed by atoms with Gasteiger partial charge in [0, 0.05) is 20.3 Å². The van der Waals surface area contributed by atoms with Gasteiger partial charge >= 0.3 is 0 Å². The molecule has 0 saturated carbocycles. The van der Waals surface area contributed by atoms with E-state index in [0.717, 1.165) is 12.2 Å². The van der Waals surface area contributed by atoms with Crippen molar-refractivity contribution in [3.8, 4) is 0 Å². The molecule has 0 aromatic carbocycles. The molecule has 0 bridgehead atoms. The molecule has 64 valence electrons. The van der Waals surface area contributed by atoms with Gasteiger partial charge in [-0.2, -0.15) is 0 Å². The van der Waals surface area contributed by atoms with Gasteiger partial charge in [-0.3, -0.25) is 5.43 Å². The maximum atomic E-state index is 3.77. The van der Waals surface area contributed by atoms with Crippen LogP contribution in [0.1, 0.15) is 13.3 Å². The molecule has 3 nitrogen and oxygen atoms in total. The predicted molar refractivity (Wildman–Crippen MR) is 48.5 cm³/mol. The van der Waals surface area contributed by atoms with E-state index in [1.54, 1.807) is 0 Å². The van der Waals surface area contributed by atoms with Crippen LogP contribution >= 0.6 is 0 Å². The Balaban J connectivity index is 3.39. The fourth-order valence-electron chi connectivity index (χ4n) is 0.414. The van der Waals surface area contributed by atoms with Gasteiger partial charge in [0.1, 0.15) is 5.82 Å². The molecule has 0 aromatic heterocycles. The van der Waals surface area contributed by atoms with Gasteiger partial charge in [0.05, 0.1) is 0 Å². The van der Waals surface area contributed by atoms with Crippen molar-refractivity contribution in [3.63, 3.8) is 0 Å². The molecule has 0 atom stereocenters. The Labute approximate surface area is 68.7 Å². The van der Waals surface area contributed by atoms with Crippen LogP contribution in [0.4, 0.5) is 0 Å². The Morgan fingerprint density at radius 3 is 2.64 bits per heavy atom. The van der Waals surface area contributed by atoms with Gasteiger partial charge in [0.2, 0.25) is 0 Å². The smallest absolute Gasteiger partial charge is 0.112 e. The standard InChI is InChI=1S/C8H17N3/c1-5-6-7-9-10-8(2)11(3)4/h6-7,9-10H,2,5H2,1,3-4H3/b7-6-. The van der Waals surface area contributed by atoms with Gasteiger partial charge in [0.15, 0.2) is 0 Å². The Morgan fingerprint density at radius 1 is 1.55 bits per heavy atom. The minimum atomic E-state index is 0.839. The van der Waals surface area contributed by atoms with Crippen LogP contribution in [0, 0.1) is 0 Å². The number of nitrogens with zero attached hydrogens (tertiary/aromatic N) is 1. The summed E-state index contributed by atoms with van der Waals surface area (Å²) in [5.74, 6) is 0.839. The van der Waals surface area contributed by atoms with Crippen molar-refractivity contribution >= 4 is 0 Å². The van der Waals surface area contributed by atoms with E-state index >= 15 is 0 Å². The number of nitrogens with one attached hydrogen (secondary N) is 2. The summed E-state index contributed by atoms with van der Waals surface area (Å²) in [6, 6.07) is 0. The first-order chi connectivity index (χ1) is 5.18. The molecule has 0 rings (SSSR count). The van der Waals surface area contributed by atoms with E-state index < -0.39 is 0 Å². The number of hydrogen-bond donors (Lipinski definition) is 2. The lowest BCUT2D eigenvalue weighted by Gasteiger charge is -2.16. The first kappa shape index (κ1) is 9.88. The highest BCUT2D eigenvalue weighted by Gasteiger charge is 1.89. The predicted octanol–water partition coefficient (Wildman–Crippen LogP) is 1.04. The van der Waals surface area contributed by atoms with Crippen molar-refractivity contribution in [2.24, 2.45) is 0 Å². The van der Waals surface area contributed by atoms with Crippen LogP contribution in [0.3, 0.4) is 0 Å². The maximum absolute atomic E-state index is 3.77. The quantitative estimate of drug-likeness (QED) is 0.581. The summed E-state index contributed by atoms with van der Waals surface area (Å²) in [5, 5.41) is 0. The Morgan fingerprint density at radius 2 is 2.18 bits per heavy atom. The van der Waals surface area contributed by atoms with Crippen LogP contribution in [0.2, 0.25) is 0 Å². The summed E-state index contributed by atoms with van der Waals surface area (Å²) in [7, 11) is 3.86. The van der Waals surface area contributed by atoms with E-state index in [9.17, 15) is 0 Å². The largest absolute Gasteiger partial charge is 0.364 e. The highest BCUT2D eigenvalue weighted by Crippen LogP contribution is 1.84. The monoisotopic (exact) mass is 155 g/mol. The zero-order valence-corrected chi connectivity index (χ0v) is 7.52. The van der Waals surface area contributed by atoms with Gasteiger partial charge in [-0.1, -0.05) is 19.6 Å². The normalized spacial score (nSPS) is 9.73. The van der Waals surface area contributed by atoms with E-state index in [1.165, 1.54) is 0 Å². The van der Waals surface area contributed by atoms with E-state index in [-0.39, 0.29) is 0 Å². The molecule has 0 heterocycles. The molecular formula is C8H17N3. The SMILES string of the molecule is C=C(NN/C=C\CC)N(C)C. The summed E-state index contributed by atoms with van der Waals surface area (Å²) in [6.07, 6.45) is 4.91. The summed E-state index contributed by atoms with van der Waals surface area (Å²) in [6.45, 7) is 5.85. The third-order valence-corrected chi connectivity index (χ3v) is 1.19. The van der Waals surface area contributed by atoms with Crippen molar-refractivity contribution in [2.75, 3.05) is 14.1 Å². The Bertz CT molecular complexity index is 138. The minimum Gasteiger partial charge on any atom is -0.364 e. The van der Waals surface area contributed by atoms with Crippen molar-refractivity contribution in [3.05, 3.63) is 24.7 Å². The first-order valence-electron chi connectivity index (χ1n) is 3.71. The Hall–Kier alpha value is -1.12. The molecule has 0 fully saturated rings. The molecule has 0 saturated heterocycles. The summed E-state index contributed by atoms with van der Waals surface area (Å²) in [5.41, 5.74) is 5.81. The van der Waals surface area contributed by atoms with Gasteiger partial charge in [-0.15, -0.1) is 0 Å². The number of hydrazine groups is 1. The lowest BCUT2D eigenvalue weighted by Crippen LogP contribution is -2.32. The van der Waals surface area contributed by atoms with Crippen molar-refractivity contribution in [1.29, 1.82) is 0 Å². The van der Waals surface area contributed by atoms with Crippen LogP contribution in [0.25, 0.3) is 0 Å². The average Bonchev–Trinajstić information content (AvgIpc) is 1.97. The average molecular weight is 155 g/mol. The van der Waals surface area contributed by atoms with Crippen LogP contribution < -0.4 is 10.9 Å². The summed E-state index contributed by atoms with van der Waals surface area (Å²) < 4.78 is 0. The molecule has 0 aliphatic heterocycles.